The quantitative estimate of drug-likeness (QED) is 0.720. The molecular formula is C21H21N3O2. The van der Waals surface area contributed by atoms with Crippen LogP contribution in [0, 0.1) is 0 Å². The molecule has 0 aliphatic rings. The van der Waals surface area contributed by atoms with Gasteiger partial charge in [0.2, 0.25) is 11.8 Å². The van der Waals surface area contributed by atoms with Crippen LogP contribution in [0.25, 0.3) is 10.8 Å². The summed E-state index contributed by atoms with van der Waals surface area (Å²) in [4.78, 5) is 28.2. The Balaban J connectivity index is 1.53. The normalized spacial score (nSPS) is 11.7. The number of carbonyl (C=O) groups excluding carboxylic acids is 2. The highest BCUT2D eigenvalue weighted by atomic mass is 16.2. The van der Waals surface area contributed by atoms with Crippen molar-refractivity contribution in [1.82, 2.24) is 15.6 Å². The zero-order valence-corrected chi connectivity index (χ0v) is 14.6. The zero-order valence-electron chi connectivity index (χ0n) is 14.6. The molecule has 0 unspecified atom stereocenters. The molecule has 2 amide bonds. The number of rotatable bonds is 6. The SMILES string of the molecule is C[C@H](NC(=O)CNC(=O)Cc1cccc2ccccc12)c1ccncc1. The van der Waals surface area contributed by atoms with Crippen LogP contribution in [0.5, 0.6) is 0 Å². The van der Waals surface area contributed by atoms with Crippen LogP contribution in [-0.2, 0) is 16.0 Å². The van der Waals surface area contributed by atoms with E-state index in [9.17, 15) is 9.59 Å². The molecule has 0 saturated carbocycles. The van der Waals surface area contributed by atoms with Gasteiger partial charge in [0.05, 0.1) is 19.0 Å². The van der Waals surface area contributed by atoms with Crippen molar-refractivity contribution in [3.8, 4) is 0 Å². The van der Waals surface area contributed by atoms with Gasteiger partial charge in [-0.2, -0.15) is 0 Å². The number of amides is 2. The summed E-state index contributed by atoms with van der Waals surface area (Å²) in [5.74, 6) is -0.395. The lowest BCUT2D eigenvalue weighted by Gasteiger charge is -2.14. The van der Waals surface area contributed by atoms with Gasteiger partial charge >= 0.3 is 0 Å². The molecule has 5 heteroatoms. The third kappa shape index (κ3) is 4.45. The molecule has 2 aromatic carbocycles. The summed E-state index contributed by atoms with van der Waals surface area (Å²) in [5.41, 5.74) is 1.92. The molecule has 3 rings (SSSR count). The van der Waals surface area contributed by atoms with Gasteiger partial charge in [0.1, 0.15) is 0 Å². The topological polar surface area (TPSA) is 71.1 Å². The summed E-state index contributed by atoms with van der Waals surface area (Å²) >= 11 is 0. The molecular weight excluding hydrogens is 326 g/mol. The monoisotopic (exact) mass is 347 g/mol. The van der Waals surface area contributed by atoms with Gasteiger partial charge < -0.3 is 10.6 Å². The van der Waals surface area contributed by atoms with E-state index < -0.39 is 0 Å². The van der Waals surface area contributed by atoms with Crippen molar-refractivity contribution >= 4 is 22.6 Å². The Bertz CT molecular complexity index is 904. The van der Waals surface area contributed by atoms with Crippen LogP contribution >= 0.6 is 0 Å². The first-order chi connectivity index (χ1) is 12.6. The van der Waals surface area contributed by atoms with Gasteiger partial charge in [-0.15, -0.1) is 0 Å². The maximum Gasteiger partial charge on any atom is 0.239 e. The van der Waals surface area contributed by atoms with Crippen LogP contribution in [0.2, 0.25) is 0 Å². The molecule has 0 saturated heterocycles. The van der Waals surface area contributed by atoms with E-state index in [-0.39, 0.29) is 30.8 Å². The lowest BCUT2D eigenvalue weighted by molar-refractivity contribution is -0.126. The maximum atomic E-state index is 12.2. The molecule has 0 radical (unpaired) electrons. The van der Waals surface area contributed by atoms with Crippen LogP contribution in [0.15, 0.2) is 67.0 Å². The number of hydrogen-bond acceptors (Lipinski definition) is 3. The molecule has 0 bridgehead atoms. The summed E-state index contributed by atoms with van der Waals surface area (Å²) < 4.78 is 0. The number of nitrogens with zero attached hydrogens (tertiary/aromatic N) is 1. The van der Waals surface area contributed by atoms with Crippen LogP contribution in [-0.4, -0.2) is 23.3 Å². The minimum atomic E-state index is -0.222. The lowest BCUT2D eigenvalue weighted by atomic mass is 10.0. The number of carbonyl (C=O) groups is 2. The molecule has 0 spiro atoms. The van der Waals surface area contributed by atoms with Crippen LogP contribution in [0.4, 0.5) is 0 Å². The molecule has 1 heterocycles. The van der Waals surface area contributed by atoms with Crippen molar-refractivity contribution in [3.63, 3.8) is 0 Å². The average molecular weight is 347 g/mol. The van der Waals surface area contributed by atoms with E-state index in [2.05, 4.69) is 15.6 Å². The van der Waals surface area contributed by atoms with Crippen molar-refractivity contribution in [2.75, 3.05) is 6.54 Å². The summed E-state index contributed by atoms with van der Waals surface area (Å²) in [5, 5.41) is 7.71. The third-order valence-electron chi connectivity index (χ3n) is 4.26. The van der Waals surface area contributed by atoms with Gasteiger partial charge in [-0.05, 0) is 41.0 Å². The smallest absolute Gasteiger partial charge is 0.239 e. The average Bonchev–Trinajstić information content (AvgIpc) is 2.67. The minimum absolute atomic E-state index is 0.0426. The number of benzene rings is 2. The van der Waals surface area contributed by atoms with Gasteiger partial charge in [-0.3, -0.25) is 14.6 Å². The molecule has 0 aliphatic heterocycles. The second kappa shape index (κ2) is 8.25. The maximum absolute atomic E-state index is 12.2. The van der Waals surface area contributed by atoms with Gasteiger partial charge in [-0.25, -0.2) is 0 Å². The highest BCUT2D eigenvalue weighted by Gasteiger charge is 2.11. The molecule has 26 heavy (non-hydrogen) atoms. The zero-order chi connectivity index (χ0) is 18.4. The predicted octanol–water partition coefficient (Wildman–Crippen LogP) is 2.77. The molecule has 5 nitrogen and oxygen atoms in total. The first-order valence-corrected chi connectivity index (χ1v) is 8.56. The first kappa shape index (κ1) is 17.6. The summed E-state index contributed by atoms with van der Waals surface area (Å²) in [6.45, 7) is 1.85. The number of fused-ring (bicyclic) bond motifs is 1. The Labute approximate surface area is 152 Å². The summed E-state index contributed by atoms with van der Waals surface area (Å²) in [7, 11) is 0. The Morgan fingerprint density at radius 1 is 0.962 bits per heavy atom. The van der Waals surface area contributed by atoms with E-state index in [0.717, 1.165) is 21.9 Å². The number of pyridine rings is 1. The third-order valence-corrected chi connectivity index (χ3v) is 4.26. The van der Waals surface area contributed by atoms with E-state index in [4.69, 9.17) is 0 Å². The standard InChI is InChI=1S/C21H21N3O2/c1-15(16-9-11-22-12-10-16)24-21(26)14-23-20(25)13-18-7-4-6-17-5-2-3-8-19(17)18/h2-12,15H,13-14H2,1H3,(H,23,25)(H,24,26)/t15-/m0/s1. The molecule has 0 aliphatic carbocycles. The van der Waals surface area contributed by atoms with E-state index in [1.165, 1.54) is 0 Å². The highest BCUT2D eigenvalue weighted by molar-refractivity contribution is 5.91. The molecule has 1 aromatic heterocycles. The van der Waals surface area contributed by atoms with Crippen LogP contribution in [0.3, 0.4) is 0 Å². The van der Waals surface area contributed by atoms with Crippen molar-refractivity contribution < 1.29 is 9.59 Å². The number of nitrogens with one attached hydrogen (secondary N) is 2. The van der Waals surface area contributed by atoms with Gasteiger partial charge in [0.15, 0.2) is 0 Å². The highest BCUT2D eigenvalue weighted by Crippen LogP contribution is 2.18. The van der Waals surface area contributed by atoms with E-state index >= 15 is 0 Å². The molecule has 2 N–H and O–H groups in total. The largest absolute Gasteiger partial charge is 0.348 e. The lowest BCUT2D eigenvalue weighted by Crippen LogP contribution is -2.38. The number of aromatic nitrogens is 1. The van der Waals surface area contributed by atoms with Gasteiger partial charge in [0.25, 0.3) is 0 Å². The Morgan fingerprint density at radius 2 is 1.69 bits per heavy atom. The van der Waals surface area contributed by atoms with E-state index in [1.807, 2.05) is 61.5 Å². The van der Waals surface area contributed by atoms with E-state index in [1.54, 1.807) is 12.4 Å². The Hall–Kier alpha value is -3.21. The second-order valence-electron chi connectivity index (χ2n) is 6.16. The summed E-state index contributed by atoms with van der Waals surface area (Å²) in [6, 6.07) is 17.4. The van der Waals surface area contributed by atoms with Gasteiger partial charge in [-0.1, -0.05) is 42.5 Å². The molecule has 0 fully saturated rings. The molecule has 3 aromatic rings. The van der Waals surface area contributed by atoms with Crippen molar-refractivity contribution in [3.05, 3.63) is 78.1 Å². The first-order valence-electron chi connectivity index (χ1n) is 8.56. The molecule has 1 atom stereocenters. The van der Waals surface area contributed by atoms with Crippen LogP contribution in [0.1, 0.15) is 24.1 Å². The predicted molar refractivity (Wildman–Crippen MR) is 101 cm³/mol. The fourth-order valence-corrected chi connectivity index (χ4v) is 2.89. The molecule has 132 valence electrons. The Kier molecular flexibility index (Phi) is 5.59. The van der Waals surface area contributed by atoms with Crippen LogP contribution < -0.4 is 10.6 Å². The fraction of sp³-hybridized carbons (Fsp3) is 0.190. The van der Waals surface area contributed by atoms with Crippen molar-refractivity contribution in [1.29, 1.82) is 0 Å². The summed E-state index contributed by atoms with van der Waals surface area (Å²) in [6.07, 6.45) is 3.61. The second-order valence-corrected chi connectivity index (χ2v) is 6.16. The Morgan fingerprint density at radius 3 is 2.50 bits per heavy atom. The van der Waals surface area contributed by atoms with Gasteiger partial charge in [0, 0.05) is 12.4 Å². The number of hydrogen-bond donors (Lipinski definition) is 2. The van der Waals surface area contributed by atoms with Crippen molar-refractivity contribution in [2.24, 2.45) is 0 Å². The van der Waals surface area contributed by atoms with E-state index in [0.29, 0.717) is 0 Å². The minimum Gasteiger partial charge on any atom is -0.348 e. The van der Waals surface area contributed by atoms with Crippen molar-refractivity contribution in [2.45, 2.75) is 19.4 Å². The fourth-order valence-electron chi connectivity index (χ4n) is 2.89.